The van der Waals surface area contributed by atoms with Crippen LogP contribution in [0.1, 0.15) is 31.4 Å². The van der Waals surface area contributed by atoms with Crippen molar-refractivity contribution in [3.63, 3.8) is 0 Å². The molecule has 1 aromatic carbocycles. The topological polar surface area (TPSA) is 67.3 Å². The fourth-order valence-electron chi connectivity index (χ4n) is 2.91. The predicted octanol–water partition coefficient (Wildman–Crippen LogP) is 3.32. The number of aromatic nitrogens is 2. The van der Waals surface area contributed by atoms with Gasteiger partial charge < -0.3 is 15.0 Å². The molecule has 1 fully saturated rings. The molecule has 0 unspecified atom stereocenters. The highest BCUT2D eigenvalue weighted by atomic mass is 19.1. The summed E-state index contributed by atoms with van der Waals surface area (Å²) in [7, 11) is 0. The summed E-state index contributed by atoms with van der Waals surface area (Å²) in [6.45, 7) is 3.54. The van der Waals surface area contributed by atoms with Gasteiger partial charge in [-0.2, -0.15) is 4.98 Å². The minimum absolute atomic E-state index is 0.202. The number of nitrogens with zero attached hydrogens (tertiary/aromatic N) is 3. The fourth-order valence-corrected chi connectivity index (χ4v) is 2.91. The number of hydrogen-bond donors (Lipinski definition) is 1. The molecule has 0 aliphatic carbocycles. The van der Waals surface area contributed by atoms with E-state index in [4.69, 9.17) is 4.74 Å². The van der Waals surface area contributed by atoms with Gasteiger partial charge in [-0.05, 0) is 38.0 Å². The quantitative estimate of drug-likeness (QED) is 0.888. The molecule has 0 saturated carbocycles. The van der Waals surface area contributed by atoms with E-state index in [1.807, 2.05) is 6.92 Å². The number of aryl methyl sites for hydroxylation is 1. The molecule has 6 nitrogen and oxygen atoms in total. The lowest BCUT2D eigenvalue weighted by atomic mass is 10.2. The third-order valence-corrected chi connectivity index (χ3v) is 4.17. The van der Waals surface area contributed by atoms with Crippen LogP contribution in [0.2, 0.25) is 0 Å². The number of anilines is 2. The minimum atomic E-state index is -0.405. The molecule has 1 aliphatic rings. The Morgan fingerprint density at radius 3 is 2.69 bits per heavy atom. The fraction of sp³-hybridized carbons (Fsp3) is 0.421. The minimum Gasteiger partial charge on any atom is -0.467 e. The monoisotopic (exact) mass is 358 g/mol. The van der Waals surface area contributed by atoms with Crippen molar-refractivity contribution in [1.82, 2.24) is 9.97 Å². The molecular formula is C19H23FN4O2. The Morgan fingerprint density at radius 1 is 1.19 bits per heavy atom. The summed E-state index contributed by atoms with van der Waals surface area (Å²) in [6, 6.07) is 7.43. The summed E-state index contributed by atoms with van der Waals surface area (Å²) in [6.07, 6.45) is 4.71. The molecule has 0 atom stereocenters. The summed E-state index contributed by atoms with van der Waals surface area (Å²) in [5.74, 6) is 0.235. The van der Waals surface area contributed by atoms with Crippen molar-refractivity contribution in [3.8, 4) is 5.88 Å². The Hall–Kier alpha value is -2.70. The average molecular weight is 358 g/mol. The lowest BCUT2D eigenvalue weighted by Gasteiger charge is -2.21. The second-order valence-electron chi connectivity index (χ2n) is 6.40. The zero-order chi connectivity index (χ0) is 18.4. The van der Waals surface area contributed by atoms with Gasteiger partial charge in [0.1, 0.15) is 5.82 Å². The first-order chi connectivity index (χ1) is 12.6. The van der Waals surface area contributed by atoms with Crippen LogP contribution in [-0.2, 0) is 4.79 Å². The Balaban J connectivity index is 1.61. The molecular weight excluding hydrogens is 335 g/mol. The third-order valence-electron chi connectivity index (χ3n) is 4.17. The van der Waals surface area contributed by atoms with Crippen LogP contribution in [-0.4, -0.2) is 35.6 Å². The molecule has 1 aliphatic heterocycles. The van der Waals surface area contributed by atoms with Crippen LogP contribution in [0.3, 0.4) is 0 Å². The first kappa shape index (κ1) is 18.1. The van der Waals surface area contributed by atoms with Crippen LogP contribution in [0.5, 0.6) is 5.88 Å². The van der Waals surface area contributed by atoms with Crippen LogP contribution in [0.15, 0.2) is 30.3 Å². The number of ether oxygens (including phenoxy) is 1. The lowest BCUT2D eigenvalue weighted by Crippen LogP contribution is -2.26. The van der Waals surface area contributed by atoms with E-state index in [2.05, 4.69) is 20.2 Å². The zero-order valence-corrected chi connectivity index (χ0v) is 14.9. The van der Waals surface area contributed by atoms with Crippen LogP contribution in [0.25, 0.3) is 0 Å². The molecule has 3 rings (SSSR count). The molecule has 1 aromatic heterocycles. The van der Waals surface area contributed by atoms with Crippen molar-refractivity contribution in [1.29, 1.82) is 0 Å². The summed E-state index contributed by atoms with van der Waals surface area (Å²) in [5.41, 5.74) is 1.18. The van der Waals surface area contributed by atoms with Crippen LogP contribution < -0.4 is 15.0 Å². The largest absolute Gasteiger partial charge is 0.467 e. The van der Waals surface area contributed by atoms with Crippen molar-refractivity contribution in [2.24, 2.45) is 0 Å². The number of carbonyl (C=O) groups is 1. The molecule has 0 spiro atoms. The first-order valence-corrected chi connectivity index (χ1v) is 8.89. The molecule has 0 radical (unpaired) electrons. The maximum Gasteiger partial charge on any atom is 0.262 e. The van der Waals surface area contributed by atoms with Gasteiger partial charge in [-0.15, -0.1) is 0 Å². The van der Waals surface area contributed by atoms with Gasteiger partial charge in [-0.25, -0.2) is 9.37 Å². The Labute approximate surface area is 152 Å². The van der Waals surface area contributed by atoms with Crippen LogP contribution in [0, 0.1) is 12.7 Å². The molecule has 1 saturated heterocycles. The van der Waals surface area contributed by atoms with E-state index in [9.17, 15) is 9.18 Å². The smallest absolute Gasteiger partial charge is 0.262 e. The highest BCUT2D eigenvalue weighted by Crippen LogP contribution is 2.19. The number of nitrogens with one attached hydrogen (secondary N) is 1. The van der Waals surface area contributed by atoms with Gasteiger partial charge in [-0.1, -0.05) is 18.9 Å². The van der Waals surface area contributed by atoms with E-state index in [0.29, 0.717) is 17.5 Å². The number of halogens is 1. The van der Waals surface area contributed by atoms with Crippen molar-refractivity contribution < 1.29 is 13.9 Å². The average Bonchev–Trinajstić information content (AvgIpc) is 2.89. The van der Waals surface area contributed by atoms with Gasteiger partial charge in [0.2, 0.25) is 11.8 Å². The van der Waals surface area contributed by atoms with E-state index in [1.165, 1.54) is 31.0 Å². The highest BCUT2D eigenvalue weighted by Gasteiger charge is 2.15. The number of amides is 1. The Kier molecular flexibility index (Phi) is 5.99. The zero-order valence-electron chi connectivity index (χ0n) is 14.9. The molecule has 138 valence electrons. The standard InChI is InChI=1S/C19H23FN4O2/c1-14-11-18(23-19(21-14)24-9-4-2-3-5-10-24)26-13-17(25)22-16-8-6-7-15(20)12-16/h6-8,11-12H,2-5,9-10,13H2,1H3,(H,22,25). The Morgan fingerprint density at radius 2 is 1.96 bits per heavy atom. The van der Waals surface area contributed by atoms with Crippen molar-refractivity contribution in [2.45, 2.75) is 32.6 Å². The highest BCUT2D eigenvalue weighted by molar-refractivity contribution is 5.91. The number of carbonyl (C=O) groups excluding carboxylic acids is 1. The third kappa shape index (κ3) is 5.15. The van der Waals surface area contributed by atoms with Crippen molar-refractivity contribution >= 4 is 17.5 Å². The SMILES string of the molecule is Cc1cc(OCC(=O)Nc2cccc(F)c2)nc(N2CCCCCC2)n1. The number of benzene rings is 1. The van der Waals surface area contributed by atoms with Gasteiger partial charge in [0, 0.05) is 30.5 Å². The predicted molar refractivity (Wildman–Crippen MR) is 98.0 cm³/mol. The molecule has 7 heteroatoms. The van der Waals surface area contributed by atoms with E-state index in [0.717, 1.165) is 31.6 Å². The van der Waals surface area contributed by atoms with Crippen LogP contribution in [0.4, 0.5) is 16.0 Å². The van der Waals surface area contributed by atoms with Gasteiger partial charge in [0.25, 0.3) is 5.91 Å². The van der Waals surface area contributed by atoms with E-state index >= 15 is 0 Å². The summed E-state index contributed by atoms with van der Waals surface area (Å²) < 4.78 is 18.7. The molecule has 0 bridgehead atoms. The summed E-state index contributed by atoms with van der Waals surface area (Å²) in [4.78, 5) is 23.1. The summed E-state index contributed by atoms with van der Waals surface area (Å²) >= 11 is 0. The van der Waals surface area contributed by atoms with E-state index in [1.54, 1.807) is 12.1 Å². The van der Waals surface area contributed by atoms with Gasteiger partial charge in [-0.3, -0.25) is 4.79 Å². The normalized spacial score (nSPS) is 14.6. The lowest BCUT2D eigenvalue weighted by molar-refractivity contribution is -0.118. The van der Waals surface area contributed by atoms with E-state index < -0.39 is 5.82 Å². The molecule has 2 heterocycles. The van der Waals surface area contributed by atoms with Crippen LogP contribution >= 0.6 is 0 Å². The second kappa shape index (κ2) is 8.60. The molecule has 1 amide bonds. The van der Waals surface area contributed by atoms with Crippen molar-refractivity contribution in [2.75, 3.05) is 29.9 Å². The number of rotatable bonds is 5. The maximum absolute atomic E-state index is 13.2. The first-order valence-electron chi connectivity index (χ1n) is 8.89. The molecule has 2 aromatic rings. The molecule has 1 N–H and O–H groups in total. The van der Waals surface area contributed by atoms with Crippen molar-refractivity contribution in [3.05, 3.63) is 41.8 Å². The Bertz CT molecular complexity index is 761. The summed E-state index contributed by atoms with van der Waals surface area (Å²) in [5, 5.41) is 2.60. The van der Waals surface area contributed by atoms with Gasteiger partial charge >= 0.3 is 0 Å². The number of hydrogen-bond acceptors (Lipinski definition) is 5. The van der Waals surface area contributed by atoms with Gasteiger partial charge in [0.05, 0.1) is 0 Å². The maximum atomic E-state index is 13.2. The second-order valence-corrected chi connectivity index (χ2v) is 6.40. The molecule has 26 heavy (non-hydrogen) atoms. The van der Waals surface area contributed by atoms with E-state index in [-0.39, 0.29) is 12.5 Å². The van der Waals surface area contributed by atoms with Gasteiger partial charge in [0.15, 0.2) is 6.61 Å².